The molecule has 33 heavy (non-hydrogen) atoms. The van der Waals surface area contributed by atoms with Gasteiger partial charge in [0.2, 0.25) is 0 Å². The van der Waals surface area contributed by atoms with Crippen molar-refractivity contribution in [3.05, 3.63) is 53.1 Å². The van der Waals surface area contributed by atoms with Crippen LogP contribution in [-0.4, -0.2) is 48.2 Å². The van der Waals surface area contributed by atoms with Crippen LogP contribution in [0.15, 0.2) is 41.3 Å². The topological polar surface area (TPSA) is 123 Å². The molecule has 2 aromatic carbocycles. The molecule has 0 saturated carbocycles. The molecule has 0 aromatic heterocycles. The lowest BCUT2D eigenvalue weighted by Crippen LogP contribution is -2.37. The van der Waals surface area contributed by atoms with Crippen LogP contribution in [0.4, 0.5) is 4.79 Å². The van der Waals surface area contributed by atoms with E-state index in [1.165, 1.54) is 33.4 Å². The number of sulfonamides is 1. The number of carbonyl (C=O) groups excluding carboxylic acids is 2. The zero-order valence-electron chi connectivity index (χ0n) is 19.5. The van der Waals surface area contributed by atoms with E-state index in [0.29, 0.717) is 29.2 Å². The molecule has 0 radical (unpaired) electrons. The number of carbonyl (C=O) groups is 2. The molecule has 0 aliphatic heterocycles. The molecule has 0 bridgehead atoms. The Hall–Kier alpha value is -3.27. The van der Waals surface area contributed by atoms with Gasteiger partial charge in [-0.15, -0.1) is 0 Å². The average molecular weight is 478 g/mol. The van der Waals surface area contributed by atoms with Crippen LogP contribution in [0, 0.1) is 0 Å². The van der Waals surface area contributed by atoms with Crippen LogP contribution in [0.2, 0.25) is 0 Å². The number of amides is 3. The van der Waals surface area contributed by atoms with E-state index in [0.717, 1.165) is 12.0 Å². The fourth-order valence-corrected chi connectivity index (χ4v) is 4.35. The number of methoxy groups -OCH3 is 2. The minimum absolute atomic E-state index is 0.103. The maximum absolute atomic E-state index is 12.8. The molecule has 1 unspecified atom stereocenters. The summed E-state index contributed by atoms with van der Waals surface area (Å²) in [6.07, 6.45) is 1.32. The molecule has 3 N–H and O–H groups in total. The molecule has 3 amide bonds. The predicted octanol–water partition coefficient (Wildman–Crippen LogP) is 2.81. The average Bonchev–Trinajstić information content (AvgIpc) is 2.82. The first kappa shape index (κ1) is 26.0. The van der Waals surface area contributed by atoms with Crippen molar-refractivity contribution < 1.29 is 27.5 Å². The Morgan fingerprint density at radius 3 is 2.30 bits per heavy atom. The molecule has 0 saturated heterocycles. The molecule has 0 aliphatic carbocycles. The highest BCUT2D eigenvalue weighted by Crippen LogP contribution is 2.27. The second kappa shape index (κ2) is 11.6. The smallest absolute Gasteiger partial charge is 0.328 e. The highest BCUT2D eigenvalue weighted by molar-refractivity contribution is 7.90. The van der Waals surface area contributed by atoms with Gasteiger partial charge in [-0.3, -0.25) is 4.79 Å². The second-order valence-electron chi connectivity index (χ2n) is 7.44. The third kappa shape index (κ3) is 6.61. The molecular weight excluding hydrogens is 446 g/mol. The van der Waals surface area contributed by atoms with Crippen LogP contribution in [0.1, 0.15) is 47.7 Å². The third-order valence-corrected chi connectivity index (χ3v) is 6.67. The number of hydrogen-bond acceptors (Lipinski definition) is 6. The number of hydrogen-bond donors (Lipinski definition) is 3. The summed E-state index contributed by atoms with van der Waals surface area (Å²) in [6, 6.07) is 9.35. The molecule has 10 heteroatoms. The van der Waals surface area contributed by atoms with Gasteiger partial charge in [0.15, 0.2) is 0 Å². The van der Waals surface area contributed by atoms with Gasteiger partial charge in [0.05, 0.1) is 19.8 Å². The van der Waals surface area contributed by atoms with Crippen molar-refractivity contribution in [2.75, 3.05) is 27.8 Å². The van der Waals surface area contributed by atoms with Crippen LogP contribution < -0.4 is 24.8 Å². The normalized spacial score (nSPS) is 11.9. The first-order valence-electron chi connectivity index (χ1n) is 10.5. The fraction of sp³-hybridized carbons (Fsp3) is 0.391. The SMILES string of the molecule is CCC(C)c1ccc(OC)c(C(=O)NCCc2ccc(OC)c(S(=O)(=O)NC(=O)NC)c2)c1. The van der Waals surface area contributed by atoms with Crippen LogP contribution >= 0.6 is 0 Å². The largest absolute Gasteiger partial charge is 0.496 e. The molecule has 0 fully saturated rings. The van der Waals surface area contributed by atoms with Gasteiger partial charge in [0.1, 0.15) is 16.4 Å². The van der Waals surface area contributed by atoms with Crippen LogP contribution in [0.3, 0.4) is 0 Å². The van der Waals surface area contributed by atoms with Crippen LogP contribution in [0.25, 0.3) is 0 Å². The zero-order valence-corrected chi connectivity index (χ0v) is 20.3. The van der Waals surface area contributed by atoms with Gasteiger partial charge < -0.3 is 20.1 Å². The summed E-state index contributed by atoms with van der Waals surface area (Å²) in [5.74, 6) is 0.619. The first-order chi connectivity index (χ1) is 15.7. The number of rotatable bonds is 10. The quantitative estimate of drug-likeness (QED) is 0.484. The Morgan fingerprint density at radius 1 is 1.03 bits per heavy atom. The Labute approximate surface area is 194 Å². The lowest BCUT2D eigenvalue weighted by atomic mass is 9.96. The molecule has 0 aliphatic rings. The summed E-state index contributed by atoms with van der Waals surface area (Å²) in [4.78, 5) is 24.1. The van der Waals surface area contributed by atoms with Crippen LogP contribution in [0.5, 0.6) is 11.5 Å². The van der Waals surface area contributed by atoms with Gasteiger partial charge in [-0.05, 0) is 54.2 Å². The summed E-state index contributed by atoms with van der Waals surface area (Å²) in [6.45, 7) is 4.45. The molecule has 1 atom stereocenters. The molecule has 2 aromatic rings. The van der Waals surface area contributed by atoms with Crippen molar-refractivity contribution in [2.45, 2.75) is 37.5 Å². The summed E-state index contributed by atoms with van der Waals surface area (Å²) in [5, 5.41) is 5.06. The van der Waals surface area contributed by atoms with Crippen molar-refractivity contribution in [3.8, 4) is 11.5 Å². The summed E-state index contributed by atoms with van der Waals surface area (Å²) in [5.41, 5.74) is 2.15. The van der Waals surface area contributed by atoms with Gasteiger partial charge >= 0.3 is 6.03 Å². The van der Waals surface area contributed by atoms with Gasteiger partial charge in [-0.1, -0.05) is 26.0 Å². The van der Waals surface area contributed by atoms with E-state index in [1.54, 1.807) is 12.1 Å². The molecule has 9 nitrogen and oxygen atoms in total. The molecule has 2 rings (SSSR count). The second-order valence-corrected chi connectivity index (χ2v) is 9.10. The molecular formula is C23H31N3O6S. The minimum Gasteiger partial charge on any atom is -0.496 e. The number of ether oxygens (including phenoxy) is 2. The van der Waals surface area contributed by atoms with Gasteiger partial charge in [0.25, 0.3) is 15.9 Å². The molecule has 0 heterocycles. The summed E-state index contributed by atoms with van der Waals surface area (Å²) in [7, 11) is 0.0350. The molecule has 180 valence electrons. The fourth-order valence-electron chi connectivity index (χ4n) is 3.18. The lowest BCUT2D eigenvalue weighted by molar-refractivity contribution is 0.0951. The standard InChI is InChI=1S/C23H31N3O6S/c1-6-15(2)17-8-10-19(31-4)18(14-17)22(27)25-12-11-16-7-9-20(32-5)21(13-16)33(29,30)26-23(28)24-3/h7-10,13-15H,6,11-12H2,1-5H3,(H,25,27)(H2,24,26,28). The summed E-state index contributed by atoms with van der Waals surface area (Å²) < 4.78 is 37.5. The number of urea groups is 1. The highest BCUT2D eigenvalue weighted by Gasteiger charge is 2.22. The van der Waals surface area contributed by atoms with E-state index in [9.17, 15) is 18.0 Å². The van der Waals surface area contributed by atoms with E-state index in [2.05, 4.69) is 24.5 Å². The highest BCUT2D eigenvalue weighted by atomic mass is 32.2. The van der Waals surface area contributed by atoms with Crippen molar-refractivity contribution in [1.29, 1.82) is 0 Å². The van der Waals surface area contributed by atoms with Gasteiger partial charge in [-0.2, -0.15) is 0 Å². The predicted molar refractivity (Wildman–Crippen MR) is 126 cm³/mol. The summed E-state index contributed by atoms with van der Waals surface area (Å²) >= 11 is 0. The first-order valence-corrected chi connectivity index (χ1v) is 12.0. The monoisotopic (exact) mass is 477 g/mol. The lowest BCUT2D eigenvalue weighted by Gasteiger charge is -2.15. The van der Waals surface area contributed by atoms with Gasteiger partial charge in [-0.25, -0.2) is 17.9 Å². The van der Waals surface area contributed by atoms with Gasteiger partial charge in [0, 0.05) is 13.6 Å². The Kier molecular flexibility index (Phi) is 9.10. The van der Waals surface area contributed by atoms with Crippen molar-refractivity contribution in [1.82, 2.24) is 15.4 Å². The number of nitrogens with one attached hydrogen (secondary N) is 3. The Morgan fingerprint density at radius 2 is 1.70 bits per heavy atom. The minimum atomic E-state index is -4.14. The Bertz CT molecular complexity index is 1100. The van der Waals surface area contributed by atoms with E-state index in [4.69, 9.17) is 9.47 Å². The van der Waals surface area contributed by atoms with Crippen LogP contribution in [-0.2, 0) is 16.4 Å². The van der Waals surface area contributed by atoms with E-state index >= 15 is 0 Å². The maximum atomic E-state index is 12.8. The van der Waals surface area contributed by atoms with E-state index in [-0.39, 0.29) is 23.1 Å². The Balaban J connectivity index is 2.16. The number of benzene rings is 2. The van der Waals surface area contributed by atoms with Crippen molar-refractivity contribution in [3.63, 3.8) is 0 Å². The van der Waals surface area contributed by atoms with E-state index in [1.807, 2.05) is 16.9 Å². The van der Waals surface area contributed by atoms with E-state index < -0.39 is 16.1 Å². The van der Waals surface area contributed by atoms with Crippen molar-refractivity contribution in [2.24, 2.45) is 0 Å². The molecule has 0 spiro atoms. The third-order valence-electron chi connectivity index (χ3n) is 5.32. The maximum Gasteiger partial charge on any atom is 0.328 e. The zero-order chi connectivity index (χ0) is 24.6. The van der Waals surface area contributed by atoms with Crippen molar-refractivity contribution >= 4 is 22.0 Å².